The van der Waals surface area contributed by atoms with Gasteiger partial charge in [-0.15, -0.1) is 0 Å². The minimum atomic E-state index is -0.700. The molecule has 2 fully saturated rings. The summed E-state index contributed by atoms with van der Waals surface area (Å²) in [6.45, 7) is 3.00. The molecule has 2 heterocycles. The van der Waals surface area contributed by atoms with Gasteiger partial charge in [0.1, 0.15) is 6.04 Å². The van der Waals surface area contributed by atoms with Crippen LogP contribution in [0.3, 0.4) is 0 Å². The van der Waals surface area contributed by atoms with Crippen LogP contribution in [-0.2, 0) is 4.79 Å². The van der Waals surface area contributed by atoms with E-state index in [9.17, 15) is 4.79 Å². The third-order valence-electron chi connectivity index (χ3n) is 3.06. The molecule has 2 atom stereocenters. The van der Waals surface area contributed by atoms with Gasteiger partial charge < -0.3 is 10.4 Å². The van der Waals surface area contributed by atoms with Crippen molar-refractivity contribution in [2.45, 2.75) is 31.3 Å². The van der Waals surface area contributed by atoms with Crippen LogP contribution in [0.25, 0.3) is 0 Å². The van der Waals surface area contributed by atoms with E-state index in [4.69, 9.17) is 5.11 Å². The zero-order valence-electron chi connectivity index (χ0n) is 7.70. The van der Waals surface area contributed by atoms with Crippen LogP contribution >= 0.6 is 0 Å². The summed E-state index contributed by atoms with van der Waals surface area (Å²) >= 11 is 0. The number of likely N-dealkylation sites (tertiary alicyclic amines) is 1. The highest BCUT2D eigenvalue weighted by molar-refractivity contribution is 5.75. The summed E-state index contributed by atoms with van der Waals surface area (Å²) in [4.78, 5) is 13.2. The Balaban J connectivity index is 2.00. The van der Waals surface area contributed by atoms with E-state index in [0.717, 1.165) is 26.1 Å². The fraction of sp³-hybridized carbons (Fsp3) is 0.889. The molecule has 2 unspecified atom stereocenters. The monoisotopic (exact) mass is 184 g/mol. The second kappa shape index (κ2) is 3.64. The van der Waals surface area contributed by atoms with Gasteiger partial charge >= 0.3 is 5.97 Å². The maximum Gasteiger partial charge on any atom is 0.322 e. The second-order valence-electron chi connectivity index (χ2n) is 3.87. The van der Waals surface area contributed by atoms with Gasteiger partial charge in [-0.05, 0) is 38.9 Å². The van der Waals surface area contributed by atoms with Crippen LogP contribution in [0.15, 0.2) is 0 Å². The number of rotatable bonds is 2. The average molecular weight is 184 g/mol. The number of aliphatic carboxylic acids is 1. The van der Waals surface area contributed by atoms with Crippen LogP contribution in [0.1, 0.15) is 19.3 Å². The number of hydrogen-bond donors (Lipinski definition) is 2. The second-order valence-corrected chi connectivity index (χ2v) is 3.87. The van der Waals surface area contributed by atoms with Crippen LogP contribution in [0, 0.1) is 0 Å². The lowest BCUT2D eigenvalue weighted by atomic mass is 10.1. The van der Waals surface area contributed by atoms with Crippen LogP contribution in [0.4, 0.5) is 0 Å². The molecule has 4 nitrogen and oxygen atoms in total. The van der Waals surface area contributed by atoms with Gasteiger partial charge in [0.25, 0.3) is 0 Å². The van der Waals surface area contributed by atoms with Gasteiger partial charge in [-0.3, -0.25) is 9.69 Å². The van der Waals surface area contributed by atoms with E-state index in [0.29, 0.717) is 0 Å². The summed E-state index contributed by atoms with van der Waals surface area (Å²) in [5.74, 6) is -0.700. The Hall–Kier alpha value is -0.610. The number of nitrogens with zero attached hydrogens (tertiary/aromatic N) is 1. The van der Waals surface area contributed by atoms with Gasteiger partial charge in [0.15, 0.2) is 0 Å². The van der Waals surface area contributed by atoms with Crippen molar-refractivity contribution >= 4 is 5.97 Å². The molecule has 0 spiro atoms. The van der Waals surface area contributed by atoms with Gasteiger partial charge in [0, 0.05) is 6.04 Å². The molecule has 2 aliphatic rings. The highest BCUT2D eigenvalue weighted by Crippen LogP contribution is 2.20. The molecule has 0 aliphatic carbocycles. The molecule has 2 aliphatic heterocycles. The molecule has 2 rings (SSSR count). The van der Waals surface area contributed by atoms with E-state index in [1.165, 1.54) is 12.8 Å². The van der Waals surface area contributed by atoms with E-state index in [2.05, 4.69) is 10.2 Å². The summed E-state index contributed by atoms with van der Waals surface area (Å²) in [5.41, 5.74) is 0. The Morgan fingerprint density at radius 2 is 2.08 bits per heavy atom. The number of nitrogens with one attached hydrogen (secondary N) is 1. The molecular weight excluding hydrogens is 168 g/mol. The van der Waals surface area contributed by atoms with Crippen molar-refractivity contribution in [3.05, 3.63) is 0 Å². The number of carboxylic acids is 1. The van der Waals surface area contributed by atoms with E-state index < -0.39 is 5.97 Å². The Labute approximate surface area is 77.9 Å². The SMILES string of the molecule is O=C(O)C1NCCC1N1CCCC1. The van der Waals surface area contributed by atoms with Crippen LogP contribution in [0.2, 0.25) is 0 Å². The zero-order valence-corrected chi connectivity index (χ0v) is 7.70. The first-order valence-corrected chi connectivity index (χ1v) is 4.99. The van der Waals surface area contributed by atoms with Crippen molar-refractivity contribution < 1.29 is 9.90 Å². The third kappa shape index (κ3) is 1.69. The predicted octanol–water partition coefficient (Wildman–Crippen LogP) is -0.103. The lowest BCUT2D eigenvalue weighted by molar-refractivity contribution is -0.140. The molecule has 74 valence electrons. The number of hydrogen-bond acceptors (Lipinski definition) is 3. The highest BCUT2D eigenvalue weighted by atomic mass is 16.4. The van der Waals surface area contributed by atoms with Crippen molar-refractivity contribution in [3.63, 3.8) is 0 Å². The maximum atomic E-state index is 10.9. The van der Waals surface area contributed by atoms with Crippen molar-refractivity contribution in [2.75, 3.05) is 19.6 Å². The van der Waals surface area contributed by atoms with E-state index in [1.807, 2.05) is 0 Å². The van der Waals surface area contributed by atoms with Crippen molar-refractivity contribution in [1.82, 2.24) is 10.2 Å². The lowest BCUT2D eigenvalue weighted by Crippen LogP contribution is -2.46. The maximum absolute atomic E-state index is 10.9. The molecule has 0 aromatic carbocycles. The fourth-order valence-electron chi connectivity index (χ4n) is 2.41. The molecule has 0 saturated carbocycles. The summed E-state index contributed by atoms with van der Waals surface area (Å²) in [6, 6.07) is -0.0990. The third-order valence-corrected chi connectivity index (χ3v) is 3.06. The first-order chi connectivity index (χ1) is 6.29. The molecule has 13 heavy (non-hydrogen) atoms. The average Bonchev–Trinajstić information content (AvgIpc) is 2.74. The van der Waals surface area contributed by atoms with Crippen LogP contribution in [-0.4, -0.2) is 47.7 Å². The van der Waals surface area contributed by atoms with Gasteiger partial charge in [0.05, 0.1) is 0 Å². The highest BCUT2D eigenvalue weighted by Gasteiger charge is 2.37. The molecule has 0 aromatic rings. The van der Waals surface area contributed by atoms with E-state index in [1.54, 1.807) is 0 Å². The molecule has 0 aromatic heterocycles. The summed E-state index contributed by atoms with van der Waals surface area (Å²) in [6.07, 6.45) is 3.43. The molecule has 2 N–H and O–H groups in total. The molecular formula is C9H16N2O2. The Kier molecular flexibility index (Phi) is 2.51. The van der Waals surface area contributed by atoms with Gasteiger partial charge in [-0.1, -0.05) is 0 Å². The first-order valence-electron chi connectivity index (χ1n) is 4.99. The van der Waals surface area contributed by atoms with Crippen molar-refractivity contribution in [3.8, 4) is 0 Å². The van der Waals surface area contributed by atoms with Gasteiger partial charge in [0.2, 0.25) is 0 Å². The Morgan fingerprint density at radius 1 is 1.38 bits per heavy atom. The normalized spacial score (nSPS) is 35.4. The topological polar surface area (TPSA) is 52.6 Å². The van der Waals surface area contributed by atoms with E-state index in [-0.39, 0.29) is 12.1 Å². The predicted molar refractivity (Wildman–Crippen MR) is 48.6 cm³/mol. The Bertz CT molecular complexity index is 202. The largest absolute Gasteiger partial charge is 0.480 e. The Morgan fingerprint density at radius 3 is 2.69 bits per heavy atom. The standard InChI is InChI=1S/C9H16N2O2/c12-9(13)8-7(3-4-10-8)11-5-1-2-6-11/h7-8,10H,1-6H2,(H,12,13). The lowest BCUT2D eigenvalue weighted by Gasteiger charge is -2.26. The summed E-state index contributed by atoms with van der Waals surface area (Å²) in [7, 11) is 0. The summed E-state index contributed by atoms with van der Waals surface area (Å²) in [5, 5.41) is 12.0. The molecule has 2 saturated heterocycles. The van der Waals surface area contributed by atoms with E-state index >= 15 is 0 Å². The molecule has 4 heteroatoms. The molecule has 0 amide bonds. The van der Waals surface area contributed by atoms with Gasteiger partial charge in [-0.25, -0.2) is 0 Å². The molecule has 0 bridgehead atoms. The minimum absolute atomic E-state index is 0.236. The number of carboxylic acid groups (broad SMARTS) is 1. The smallest absolute Gasteiger partial charge is 0.322 e. The van der Waals surface area contributed by atoms with Crippen molar-refractivity contribution in [1.29, 1.82) is 0 Å². The fourth-order valence-corrected chi connectivity index (χ4v) is 2.41. The van der Waals surface area contributed by atoms with Crippen molar-refractivity contribution in [2.24, 2.45) is 0 Å². The van der Waals surface area contributed by atoms with Gasteiger partial charge in [-0.2, -0.15) is 0 Å². The molecule has 0 radical (unpaired) electrons. The summed E-state index contributed by atoms with van der Waals surface area (Å²) < 4.78 is 0. The van der Waals surface area contributed by atoms with Crippen LogP contribution < -0.4 is 5.32 Å². The van der Waals surface area contributed by atoms with Crippen LogP contribution in [0.5, 0.6) is 0 Å². The first kappa shape index (κ1) is 8.97. The number of carbonyl (C=O) groups is 1. The quantitative estimate of drug-likeness (QED) is 0.629. The minimum Gasteiger partial charge on any atom is -0.480 e. The zero-order chi connectivity index (χ0) is 9.26.